The number of carboxylic acids is 1. The molecule has 0 saturated carbocycles. The summed E-state index contributed by atoms with van der Waals surface area (Å²) < 4.78 is 1.48. The first kappa shape index (κ1) is 14.5. The van der Waals surface area contributed by atoms with Crippen LogP contribution in [0.2, 0.25) is 0 Å². The first-order valence-electron chi connectivity index (χ1n) is 6.28. The summed E-state index contributed by atoms with van der Waals surface area (Å²) in [6.45, 7) is 1.86. The number of carboxylic acid groups (broad SMARTS) is 1. The van der Waals surface area contributed by atoms with Crippen LogP contribution in [0.15, 0.2) is 36.5 Å². The summed E-state index contributed by atoms with van der Waals surface area (Å²) in [6.07, 6.45) is 4.08. The van der Waals surface area contributed by atoms with Crippen molar-refractivity contribution in [2.24, 2.45) is 7.05 Å². The van der Waals surface area contributed by atoms with Crippen molar-refractivity contribution in [2.45, 2.75) is 6.92 Å². The Hall–Kier alpha value is -2.89. The molecule has 0 atom stereocenters. The van der Waals surface area contributed by atoms with Gasteiger partial charge in [-0.05, 0) is 36.3 Å². The van der Waals surface area contributed by atoms with Gasteiger partial charge in [0.15, 0.2) is 0 Å². The number of hydrogen-bond donors (Lipinski definition) is 2. The molecule has 0 aliphatic heterocycles. The Morgan fingerprint density at radius 3 is 2.71 bits per heavy atom. The van der Waals surface area contributed by atoms with Gasteiger partial charge in [-0.3, -0.25) is 9.48 Å². The Labute approximate surface area is 121 Å². The van der Waals surface area contributed by atoms with Gasteiger partial charge in [-0.25, -0.2) is 4.79 Å². The molecule has 0 fully saturated rings. The van der Waals surface area contributed by atoms with E-state index in [1.165, 1.54) is 10.8 Å². The molecule has 0 bridgehead atoms. The smallest absolute Gasteiger partial charge is 0.328 e. The van der Waals surface area contributed by atoms with Gasteiger partial charge in [-0.2, -0.15) is 5.10 Å². The molecule has 1 aromatic carbocycles. The van der Waals surface area contributed by atoms with Crippen molar-refractivity contribution in [3.63, 3.8) is 0 Å². The number of nitrogens with zero attached hydrogens (tertiary/aromatic N) is 2. The van der Waals surface area contributed by atoms with Crippen molar-refractivity contribution in [2.75, 3.05) is 5.32 Å². The molecule has 1 aromatic heterocycles. The quantitative estimate of drug-likeness (QED) is 0.842. The lowest BCUT2D eigenvalue weighted by molar-refractivity contribution is -0.131. The molecule has 1 heterocycles. The van der Waals surface area contributed by atoms with E-state index in [-0.39, 0.29) is 5.91 Å². The zero-order valence-electron chi connectivity index (χ0n) is 11.7. The van der Waals surface area contributed by atoms with Gasteiger partial charge in [0, 0.05) is 25.0 Å². The standard InChI is InChI=1S/C15H15N3O3/c1-10-3-4-11(5-6-14(19)20)9-12(10)17-15(21)13-7-8-16-18(13)2/h3-9H,1-2H3,(H,17,21)(H,19,20). The van der Waals surface area contributed by atoms with Crippen LogP contribution in [0.5, 0.6) is 0 Å². The number of carbonyl (C=O) groups is 2. The number of rotatable bonds is 4. The second kappa shape index (κ2) is 6.04. The van der Waals surface area contributed by atoms with E-state index in [4.69, 9.17) is 5.11 Å². The van der Waals surface area contributed by atoms with Crippen molar-refractivity contribution in [3.8, 4) is 0 Å². The number of anilines is 1. The molecular weight excluding hydrogens is 270 g/mol. The Morgan fingerprint density at radius 1 is 1.33 bits per heavy atom. The molecule has 0 saturated heterocycles. The van der Waals surface area contributed by atoms with E-state index in [1.54, 1.807) is 31.4 Å². The number of aliphatic carboxylic acids is 1. The second-order valence-corrected chi connectivity index (χ2v) is 4.54. The van der Waals surface area contributed by atoms with E-state index in [1.807, 2.05) is 13.0 Å². The highest BCUT2D eigenvalue weighted by molar-refractivity contribution is 6.03. The predicted molar refractivity (Wildman–Crippen MR) is 79.0 cm³/mol. The zero-order valence-corrected chi connectivity index (χ0v) is 11.7. The highest BCUT2D eigenvalue weighted by Crippen LogP contribution is 2.18. The minimum absolute atomic E-state index is 0.266. The summed E-state index contributed by atoms with van der Waals surface area (Å²) in [7, 11) is 1.69. The van der Waals surface area contributed by atoms with Gasteiger partial charge in [0.2, 0.25) is 0 Å². The molecule has 2 N–H and O–H groups in total. The van der Waals surface area contributed by atoms with E-state index in [9.17, 15) is 9.59 Å². The lowest BCUT2D eigenvalue weighted by atomic mass is 10.1. The van der Waals surface area contributed by atoms with Gasteiger partial charge in [0.25, 0.3) is 5.91 Å². The summed E-state index contributed by atoms with van der Waals surface area (Å²) in [4.78, 5) is 22.7. The third-order valence-electron chi connectivity index (χ3n) is 2.98. The van der Waals surface area contributed by atoms with E-state index in [0.29, 0.717) is 16.9 Å². The van der Waals surface area contributed by atoms with E-state index < -0.39 is 5.97 Å². The molecule has 6 heteroatoms. The molecule has 0 unspecified atom stereocenters. The van der Waals surface area contributed by atoms with E-state index in [2.05, 4.69) is 10.4 Å². The molecule has 2 rings (SSSR count). The van der Waals surface area contributed by atoms with E-state index >= 15 is 0 Å². The van der Waals surface area contributed by atoms with Crippen LogP contribution in [0.25, 0.3) is 6.08 Å². The van der Waals surface area contributed by atoms with Crippen LogP contribution >= 0.6 is 0 Å². The number of benzene rings is 1. The van der Waals surface area contributed by atoms with Crippen molar-refractivity contribution in [1.82, 2.24) is 9.78 Å². The molecule has 0 aliphatic carbocycles. The third kappa shape index (κ3) is 3.56. The minimum Gasteiger partial charge on any atom is -0.478 e. The number of aryl methyl sites for hydroxylation is 2. The van der Waals surface area contributed by atoms with Gasteiger partial charge in [0.1, 0.15) is 5.69 Å². The number of nitrogens with one attached hydrogen (secondary N) is 1. The first-order valence-corrected chi connectivity index (χ1v) is 6.28. The van der Waals surface area contributed by atoms with Crippen molar-refractivity contribution < 1.29 is 14.7 Å². The van der Waals surface area contributed by atoms with Gasteiger partial charge in [-0.15, -0.1) is 0 Å². The van der Waals surface area contributed by atoms with Crippen LogP contribution in [0.3, 0.4) is 0 Å². The highest BCUT2D eigenvalue weighted by Gasteiger charge is 2.11. The monoisotopic (exact) mass is 285 g/mol. The first-order chi connectivity index (χ1) is 9.97. The summed E-state index contributed by atoms with van der Waals surface area (Å²) in [5.41, 5.74) is 2.66. The van der Waals surface area contributed by atoms with Crippen molar-refractivity contribution >= 4 is 23.6 Å². The molecule has 2 aromatic rings. The summed E-state index contributed by atoms with van der Waals surface area (Å²) in [5, 5.41) is 15.4. The largest absolute Gasteiger partial charge is 0.478 e. The molecule has 6 nitrogen and oxygen atoms in total. The zero-order chi connectivity index (χ0) is 15.4. The maximum atomic E-state index is 12.1. The van der Waals surface area contributed by atoms with Gasteiger partial charge in [-0.1, -0.05) is 12.1 Å². The van der Waals surface area contributed by atoms with E-state index in [0.717, 1.165) is 11.6 Å². The average molecular weight is 285 g/mol. The van der Waals surface area contributed by atoms with Crippen molar-refractivity contribution in [1.29, 1.82) is 0 Å². The maximum Gasteiger partial charge on any atom is 0.328 e. The molecule has 1 amide bonds. The predicted octanol–water partition coefficient (Wildman–Crippen LogP) is 2.08. The Bertz CT molecular complexity index is 717. The van der Waals surface area contributed by atoms with Crippen LogP contribution in [0, 0.1) is 6.92 Å². The number of amides is 1. The topological polar surface area (TPSA) is 84.2 Å². The fourth-order valence-electron chi connectivity index (χ4n) is 1.83. The number of aromatic nitrogens is 2. The fraction of sp³-hybridized carbons (Fsp3) is 0.133. The van der Waals surface area contributed by atoms with Crippen LogP contribution < -0.4 is 5.32 Å². The summed E-state index contributed by atoms with van der Waals surface area (Å²) >= 11 is 0. The number of hydrogen-bond acceptors (Lipinski definition) is 3. The lowest BCUT2D eigenvalue weighted by Gasteiger charge is -2.09. The SMILES string of the molecule is Cc1ccc(C=CC(=O)O)cc1NC(=O)c1ccnn1C. The highest BCUT2D eigenvalue weighted by atomic mass is 16.4. The van der Waals surface area contributed by atoms with Crippen LogP contribution in [0.4, 0.5) is 5.69 Å². The Morgan fingerprint density at radius 2 is 2.10 bits per heavy atom. The van der Waals surface area contributed by atoms with Gasteiger partial charge in [0.05, 0.1) is 0 Å². The molecule has 108 valence electrons. The minimum atomic E-state index is -1.02. The third-order valence-corrected chi connectivity index (χ3v) is 2.98. The van der Waals surface area contributed by atoms with Crippen LogP contribution in [0.1, 0.15) is 21.6 Å². The Balaban J connectivity index is 2.23. The molecule has 0 aliphatic rings. The summed E-state index contributed by atoms with van der Waals surface area (Å²) in [6, 6.07) is 6.96. The maximum absolute atomic E-state index is 12.1. The average Bonchev–Trinajstić information content (AvgIpc) is 2.86. The Kier molecular flexibility index (Phi) is 4.18. The van der Waals surface area contributed by atoms with Crippen LogP contribution in [-0.4, -0.2) is 26.8 Å². The fourth-order valence-corrected chi connectivity index (χ4v) is 1.83. The molecule has 0 radical (unpaired) electrons. The second-order valence-electron chi connectivity index (χ2n) is 4.54. The molecule has 21 heavy (non-hydrogen) atoms. The normalized spacial score (nSPS) is 10.8. The van der Waals surface area contributed by atoms with Crippen LogP contribution in [-0.2, 0) is 11.8 Å². The molecule has 0 spiro atoms. The lowest BCUT2D eigenvalue weighted by Crippen LogP contribution is -2.16. The molecular formula is C15H15N3O3. The van der Waals surface area contributed by atoms with Gasteiger partial charge < -0.3 is 10.4 Å². The summed E-state index contributed by atoms with van der Waals surface area (Å²) in [5.74, 6) is -1.28. The van der Waals surface area contributed by atoms with Crippen molar-refractivity contribution in [3.05, 3.63) is 53.4 Å². The van der Waals surface area contributed by atoms with Gasteiger partial charge >= 0.3 is 5.97 Å². The number of carbonyl (C=O) groups excluding carboxylic acids is 1.